The van der Waals surface area contributed by atoms with Gasteiger partial charge in [-0.05, 0) is 42.3 Å². The van der Waals surface area contributed by atoms with Crippen molar-refractivity contribution in [3.8, 4) is 0 Å². The Morgan fingerprint density at radius 3 is 2.68 bits per heavy atom. The van der Waals surface area contributed by atoms with E-state index in [1.54, 1.807) is 12.1 Å². The van der Waals surface area contributed by atoms with Crippen molar-refractivity contribution in [3.05, 3.63) is 58.6 Å². The van der Waals surface area contributed by atoms with E-state index in [-0.39, 0.29) is 0 Å². The van der Waals surface area contributed by atoms with Gasteiger partial charge in [0.05, 0.1) is 11.4 Å². The van der Waals surface area contributed by atoms with Crippen molar-refractivity contribution in [1.82, 2.24) is 0 Å². The van der Waals surface area contributed by atoms with E-state index in [0.717, 1.165) is 27.4 Å². The van der Waals surface area contributed by atoms with E-state index in [9.17, 15) is 9.90 Å². The molecule has 0 saturated heterocycles. The first kappa shape index (κ1) is 15.1. The van der Waals surface area contributed by atoms with Crippen LogP contribution in [0.3, 0.4) is 0 Å². The number of rotatable bonds is 2. The van der Waals surface area contributed by atoms with Crippen LogP contribution in [0.15, 0.2) is 52.4 Å². The summed E-state index contributed by atoms with van der Waals surface area (Å²) in [5.74, 6) is -0.819. The van der Waals surface area contributed by atoms with Gasteiger partial charge in [-0.15, -0.1) is 11.8 Å². The summed E-state index contributed by atoms with van der Waals surface area (Å²) in [7, 11) is 0. The number of aryl methyl sites for hydroxylation is 1. The summed E-state index contributed by atoms with van der Waals surface area (Å²) < 4.78 is 0. The third-order valence-corrected chi connectivity index (χ3v) is 4.96. The number of nitrogens with zero attached hydrogens (tertiary/aromatic N) is 1. The van der Waals surface area contributed by atoms with E-state index in [0.29, 0.717) is 11.4 Å². The molecule has 2 aromatic rings. The number of benzene rings is 2. The molecule has 112 valence electrons. The lowest BCUT2D eigenvalue weighted by Gasteiger charge is -2.10. The van der Waals surface area contributed by atoms with Crippen LogP contribution in [0.2, 0.25) is 5.02 Å². The molecule has 0 amide bonds. The Hall–Kier alpha value is -1.78. The fourth-order valence-electron chi connectivity index (χ4n) is 2.33. The fourth-order valence-corrected chi connectivity index (χ4v) is 3.59. The predicted octanol–water partition coefficient (Wildman–Crippen LogP) is 4.72. The van der Waals surface area contributed by atoms with Crippen molar-refractivity contribution < 1.29 is 9.90 Å². The number of aliphatic carboxylic acids is 1. The lowest BCUT2D eigenvalue weighted by molar-refractivity contribution is -0.136. The first-order valence-corrected chi connectivity index (χ1v) is 8.12. The molecule has 22 heavy (non-hydrogen) atoms. The third kappa shape index (κ3) is 3.18. The summed E-state index contributed by atoms with van der Waals surface area (Å²) in [6.07, 6.45) is 0.384. The molecule has 5 heteroatoms. The molecule has 0 saturated carbocycles. The number of carbonyl (C=O) groups is 1. The largest absolute Gasteiger partial charge is 0.480 e. The maximum absolute atomic E-state index is 11.5. The summed E-state index contributed by atoms with van der Waals surface area (Å²) in [6.45, 7) is 1.99. The van der Waals surface area contributed by atoms with Crippen LogP contribution in [0.1, 0.15) is 17.5 Å². The minimum absolute atomic E-state index is 0.384. The Bertz CT molecular complexity index is 756. The van der Waals surface area contributed by atoms with Gasteiger partial charge in [0.15, 0.2) is 0 Å². The van der Waals surface area contributed by atoms with Gasteiger partial charge >= 0.3 is 5.97 Å². The summed E-state index contributed by atoms with van der Waals surface area (Å²) in [5, 5.41) is 9.58. The first-order valence-electron chi connectivity index (χ1n) is 6.86. The van der Waals surface area contributed by atoms with E-state index in [1.165, 1.54) is 11.8 Å². The van der Waals surface area contributed by atoms with E-state index < -0.39 is 11.2 Å². The van der Waals surface area contributed by atoms with Gasteiger partial charge in [-0.3, -0.25) is 9.79 Å². The number of hydrogen-bond donors (Lipinski definition) is 1. The zero-order valence-corrected chi connectivity index (χ0v) is 13.5. The molecular weight excluding hydrogens is 318 g/mol. The SMILES string of the molecule is Cc1ccc2c(c1)S[C@H](C(=O)O)CC(c1ccc(Cl)cc1)=N2. The summed E-state index contributed by atoms with van der Waals surface area (Å²) >= 11 is 7.28. The van der Waals surface area contributed by atoms with E-state index in [1.807, 2.05) is 37.3 Å². The molecular formula is C17H14ClNO2S. The molecule has 0 fully saturated rings. The van der Waals surface area contributed by atoms with Gasteiger partial charge in [-0.1, -0.05) is 29.8 Å². The van der Waals surface area contributed by atoms with Crippen molar-refractivity contribution in [2.75, 3.05) is 0 Å². The molecule has 1 heterocycles. The molecule has 0 radical (unpaired) electrons. The van der Waals surface area contributed by atoms with E-state index >= 15 is 0 Å². The molecule has 1 N–H and O–H groups in total. The molecule has 0 bridgehead atoms. The van der Waals surface area contributed by atoms with Crippen LogP contribution >= 0.6 is 23.4 Å². The van der Waals surface area contributed by atoms with Gasteiger partial charge < -0.3 is 5.11 Å². The zero-order valence-electron chi connectivity index (χ0n) is 11.9. The molecule has 3 rings (SSSR count). The minimum Gasteiger partial charge on any atom is -0.480 e. The minimum atomic E-state index is -0.819. The highest BCUT2D eigenvalue weighted by atomic mass is 35.5. The standard InChI is InChI=1S/C17H14ClNO2S/c1-10-2-7-13-15(8-10)22-16(17(20)21)9-14(19-13)11-3-5-12(18)6-4-11/h2-8,16H,9H2,1H3,(H,20,21)/t16-/m0/s1. The molecule has 1 aliphatic rings. The van der Waals surface area contributed by atoms with Crippen molar-refractivity contribution in [2.45, 2.75) is 23.5 Å². The highest BCUT2D eigenvalue weighted by molar-refractivity contribution is 8.00. The third-order valence-electron chi connectivity index (χ3n) is 3.47. The Labute approximate surface area is 138 Å². The van der Waals surface area contributed by atoms with Gasteiger partial charge in [0, 0.05) is 16.3 Å². The molecule has 1 atom stereocenters. The van der Waals surface area contributed by atoms with Gasteiger partial charge in [0.25, 0.3) is 0 Å². The Morgan fingerprint density at radius 2 is 2.00 bits per heavy atom. The van der Waals surface area contributed by atoms with Crippen molar-refractivity contribution in [1.29, 1.82) is 0 Å². The van der Waals surface area contributed by atoms with Crippen LogP contribution in [0, 0.1) is 6.92 Å². The Balaban J connectivity index is 2.09. The lowest BCUT2D eigenvalue weighted by atomic mass is 10.1. The quantitative estimate of drug-likeness (QED) is 0.866. The van der Waals surface area contributed by atoms with Gasteiger partial charge in [0.1, 0.15) is 5.25 Å². The van der Waals surface area contributed by atoms with Crippen LogP contribution in [0.25, 0.3) is 0 Å². The lowest BCUT2D eigenvalue weighted by Crippen LogP contribution is -2.20. The normalized spacial score (nSPS) is 17.4. The van der Waals surface area contributed by atoms with Crippen molar-refractivity contribution in [2.24, 2.45) is 4.99 Å². The topological polar surface area (TPSA) is 49.7 Å². The maximum Gasteiger partial charge on any atom is 0.317 e. The fraction of sp³-hybridized carbons (Fsp3) is 0.176. The molecule has 0 aromatic heterocycles. The van der Waals surface area contributed by atoms with Crippen LogP contribution in [0.4, 0.5) is 5.69 Å². The summed E-state index contributed by atoms with van der Waals surface area (Å²) in [4.78, 5) is 17.2. The van der Waals surface area contributed by atoms with Crippen molar-refractivity contribution >= 4 is 40.7 Å². The zero-order chi connectivity index (χ0) is 15.7. The molecule has 0 spiro atoms. The number of aliphatic imine (C=N–C) groups is 1. The van der Waals surface area contributed by atoms with Crippen LogP contribution in [-0.4, -0.2) is 22.0 Å². The van der Waals surface area contributed by atoms with Crippen LogP contribution in [-0.2, 0) is 4.79 Å². The number of thioether (sulfide) groups is 1. The predicted molar refractivity (Wildman–Crippen MR) is 90.7 cm³/mol. The first-order chi connectivity index (χ1) is 10.5. The highest BCUT2D eigenvalue weighted by Gasteiger charge is 2.26. The second-order valence-corrected chi connectivity index (χ2v) is 6.87. The number of fused-ring (bicyclic) bond motifs is 1. The molecule has 2 aromatic carbocycles. The average molecular weight is 332 g/mol. The second-order valence-electron chi connectivity index (χ2n) is 5.19. The van der Waals surface area contributed by atoms with Gasteiger partial charge in [-0.2, -0.15) is 0 Å². The Kier molecular flexibility index (Phi) is 4.23. The molecule has 3 nitrogen and oxygen atoms in total. The van der Waals surface area contributed by atoms with Gasteiger partial charge in [0.2, 0.25) is 0 Å². The average Bonchev–Trinajstić information content (AvgIpc) is 2.67. The van der Waals surface area contributed by atoms with Crippen LogP contribution in [0.5, 0.6) is 0 Å². The molecule has 1 aliphatic heterocycles. The monoisotopic (exact) mass is 331 g/mol. The molecule has 0 unspecified atom stereocenters. The highest BCUT2D eigenvalue weighted by Crippen LogP contribution is 2.38. The second kappa shape index (κ2) is 6.15. The smallest absolute Gasteiger partial charge is 0.317 e. The number of hydrogen-bond acceptors (Lipinski definition) is 3. The molecule has 0 aliphatic carbocycles. The number of halogens is 1. The van der Waals surface area contributed by atoms with Crippen molar-refractivity contribution in [3.63, 3.8) is 0 Å². The van der Waals surface area contributed by atoms with E-state index in [4.69, 9.17) is 16.6 Å². The van der Waals surface area contributed by atoms with Crippen LogP contribution < -0.4 is 0 Å². The number of carboxylic acid groups (broad SMARTS) is 1. The maximum atomic E-state index is 11.5. The Morgan fingerprint density at radius 1 is 1.27 bits per heavy atom. The summed E-state index contributed by atoms with van der Waals surface area (Å²) in [6, 6.07) is 13.3. The summed E-state index contributed by atoms with van der Waals surface area (Å²) in [5.41, 5.74) is 3.61. The van der Waals surface area contributed by atoms with Gasteiger partial charge in [-0.25, -0.2) is 0 Å². The number of carboxylic acids is 1. The van der Waals surface area contributed by atoms with E-state index in [2.05, 4.69) is 0 Å².